The van der Waals surface area contributed by atoms with Gasteiger partial charge in [0.2, 0.25) is 0 Å². The number of carboxylic acid groups (broad SMARTS) is 1. The number of anilines is 1. The fourth-order valence-electron chi connectivity index (χ4n) is 2.12. The van der Waals surface area contributed by atoms with Crippen LogP contribution in [0.5, 0.6) is 0 Å². The van der Waals surface area contributed by atoms with Crippen molar-refractivity contribution in [2.24, 2.45) is 0 Å². The summed E-state index contributed by atoms with van der Waals surface area (Å²) in [5.41, 5.74) is -0.215. The van der Waals surface area contributed by atoms with Crippen molar-refractivity contribution in [2.75, 3.05) is 31.1 Å². The number of halogens is 3. The first kappa shape index (κ1) is 16.0. The highest BCUT2D eigenvalue weighted by Gasteiger charge is 2.42. The van der Waals surface area contributed by atoms with Gasteiger partial charge in [0, 0.05) is 26.2 Å². The fourth-order valence-corrected chi connectivity index (χ4v) is 2.12. The number of hydrogen-bond acceptors (Lipinski definition) is 5. The molecule has 0 aromatic carbocycles. The van der Waals surface area contributed by atoms with E-state index in [9.17, 15) is 22.8 Å². The van der Waals surface area contributed by atoms with Crippen molar-refractivity contribution in [3.63, 3.8) is 0 Å². The van der Waals surface area contributed by atoms with E-state index in [0.29, 0.717) is 18.8 Å². The van der Waals surface area contributed by atoms with E-state index in [4.69, 9.17) is 5.11 Å². The molecule has 2 heterocycles. The number of aromatic carboxylic acids is 1. The summed E-state index contributed by atoms with van der Waals surface area (Å²) < 4.78 is 37.3. The molecule has 7 nitrogen and oxygen atoms in total. The van der Waals surface area contributed by atoms with Gasteiger partial charge in [0.15, 0.2) is 5.69 Å². The summed E-state index contributed by atoms with van der Waals surface area (Å²) in [5, 5.41) is 8.74. The molecule has 1 fully saturated rings. The predicted octanol–water partition coefficient (Wildman–Crippen LogP) is 0.776. The van der Waals surface area contributed by atoms with E-state index in [0.717, 1.165) is 11.1 Å². The van der Waals surface area contributed by atoms with Crippen LogP contribution in [-0.4, -0.2) is 64.2 Å². The first-order valence-corrected chi connectivity index (χ1v) is 6.45. The van der Waals surface area contributed by atoms with Gasteiger partial charge >= 0.3 is 18.1 Å². The van der Waals surface area contributed by atoms with Gasteiger partial charge in [-0.15, -0.1) is 0 Å². The van der Waals surface area contributed by atoms with Crippen LogP contribution in [0.2, 0.25) is 0 Å². The molecule has 0 atom stereocenters. The van der Waals surface area contributed by atoms with Gasteiger partial charge in [-0.3, -0.25) is 4.79 Å². The maximum atomic E-state index is 12.4. The Hall–Kier alpha value is -2.39. The number of nitrogens with zero attached hydrogens (tertiary/aromatic N) is 4. The summed E-state index contributed by atoms with van der Waals surface area (Å²) in [6.07, 6.45) is -2.19. The molecular weight excluding hydrogens is 305 g/mol. The number of carbonyl (C=O) groups is 2. The third-order valence-electron chi connectivity index (χ3n) is 3.21. The van der Waals surface area contributed by atoms with Crippen molar-refractivity contribution in [3.8, 4) is 0 Å². The molecule has 1 N–H and O–H groups in total. The van der Waals surface area contributed by atoms with Gasteiger partial charge in [-0.2, -0.15) is 13.2 Å². The number of rotatable bonds is 2. The minimum atomic E-state index is -4.88. The Morgan fingerprint density at radius 1 is 1.09 bits per heavy atom. The van der Waals surface area contributed by atoms with E-state index in [1.807, 2.05) is 0 Å². The molecule has 1 aliphatic rings. The number of amides is 1. The van der Waals surface area contributed by atoms with Gasteiger partial charge in [-0.1, -0.05) is 0 Å². The van der Waals surface area contributed by atoms with Crippen LogP contribution in [0, 0.1) is 0 Å². The smallest absolute Gasteiger partial charge is 0.471 e. The van der Waals surface area contributed by atoms with E-state index in [-0.39, 0.29) is 25.3 Å². The monoisotopic (exact) mass is 318 g/mol. The number of hydrogen-bond donors (Lipinski definition) is 1. The fraction of sp³-hybridized carbons (Fsp3) is 0.500. The third-order valence-corrected chi connectivity index (χ3v) is 3.21. The average Bonchev–Trinajstić information content (AvgIpc) is 2.71. The van der Waals surface area contributed by atoms with E-state index in [1.54, 1.807) is 4.90 Å². The Morgan fingerprint density at radius 3 is 2.36 bits per heavy atom. The summed E-state index contributed by atoms with van der Waals surface area (Å²) in [4.78, 5) is 32.0. The molecule has 1 amide bonds. The second kappa shape index (κ2) is 6.16. The Kier molecular flexibility index (Phi) is 4.48. The molecule has 0 bridgehead atoms. The van der Waals surface area contributed by atoms with Gasteiger partial charge in [-0.05, 0) is 6.42 Å². The van der Waals surface area contributed by atoms with Crippen LogP contribution >= 0.6 is 0 Å². The van der Waals surface area contributed by atoms with Crippen molar-refractivity contribution in [2.45, 2.75) is 12.6 Å². The van der Waals surface area contributed by atoms with Gasteiger partial charge in [-0.25, -0.2) is 14.8 Å². The van der Waals surface area contributed by atoms with Crippen molar-refractivity contribution in [3.05, 3.63) is 18.1 Å². The Bertz CT molecular complexity index is 562. The lowest BCUT2D eigenvalue weighted by Crippen LogP contribution is -2.43. The van der Waals surface area contributed by atoms with Crippen molar-refractivity contribution < 1.29 is 27.9 Å². The van der Waals surface area contributed by atoms with Crippen molar-refractivity contribution in [1.29, 1.82) is 0 Å². The molecular formula is C12H13F3N4O3. The lowest BCUT2D eigenvalue weighted by atomic mass is 10.3. The maximum absolute atomic E-state index is 12.4. The molecule has 0 unspecified atom stereocenters. The summed E-state index contributed by atoms with van der Waals surface area (Å²) in [7, 11) is 0. The molecule has 22 heavy (non-hydrogen) atoms. The second-order valence-corrected chi connectivity index (χ2v) is 4.70. The van der Waals surface area contributed by atoms with Crippen molar-refractivity contribution in [1.82, 2.24) is 14.9 Å². The van der Waals surface area contributed by atoms with Crippen LogP contribution in [0.15, 0.2) is 12.4 Å². The van der Waals surface area contributed by atoms with E-state index >= 15 is 0 Å². The van der Waals surface area contributed by atoms with Gasteiger partial charge in [0.1, 0.15) is 5.82 Å². The predicted molar refractivity (Wildman–Crippen MR) is 68.5 cm³/mol. The topological polar surface area (TPSA) is 86.6 Å². The molecule has 0 radical (unpaired) electrons. The molecule has 120 valence electrons. The molecule has 0 saturated carbocycles. The number of carbonyl (C=O) groups excluding carboxylic acids is 1. The third kappa shape index (κ3) is 3.62. The molecule has 1 saturated heterocycles. The van der Waals surface area contributed by atoms with Crippen LogP contribution in [0.25, 0.3) is 0 Å². The minimum absolute atomic E-state index is 0.00941. The molecule has 1 aromatic heterocycles. The Morgan fingerprint density at radius 2 is 1.82 bits per heavy atom. The lowest BCUT2D eigenvalue weighted by Gasteiger charge is -2.23. The van der Waals surface area contributed by atoms with Crippen LogP contribution in [0.3, 0.4) is 0 Å². The van der Waals surface area contributed by atoms with Crippen LogP contribution < -0.4 is 4.90 Å². The summed E-state index contributed by atoms with van der Waals surface area (Å²) in [6, 6.07) is 0. The molecule has 0 aliphatic carbocycles. The standard InChI is InChI=1S/C12H13F3N4O3/c13-12(14,15)11(22)19-3-1-2-18(4-5-19)9-7-16-8(6-17-9)10(20)21/h6-7H,1-5H2,(H,20,21). The van der Waals surface area contributed by atoms with E-state index in [1.165, 1.54) is 6.20 Å². The first-order chi connectivity index (χ1) is 10.3. The highest BCUT2D eigenvalue weighted by molar-refractivity contribution is 5.85. The zero-order valence-corrected chi connectivity index (χ0v) is 11.4. The quantitative estimate of drug-likeness (QED) is 0.867. The zero-order valence-electron chi connectivity index (χ0n) is 11.4. The Balaban J connectivity index is 2.04. The average molecular weight is 318 g/mol. The molecule has 2 rings (SSSR count). The lowest BCUT2D eigenvalue weighted by molar-refractivity contribution is -0.185. The van der Waals surface area contributed by atoms with Crippen molar-refractivity contribution >= 4 is 17.7 Å². The zero-order chi connectivity index (χ0) is 16.3. The largest absolute Gasteiger partial charge is 0.476 e. The van der Waals surface area contributed by atoms with Crippen LogP contribution in [0.4, 0.5) is 19.0 Å². The summed E-state index contributed by atoms with van der Waals surface area (Å²) in [5.74, 6) is -2.69. The van der Waals surface area contributed by atoms with Crippen LogP contribution in [-0.2, 0) is 4.79 Å². The number of aromatic nitrogens is 2. The summed E-state index contributed by atoms with van der Waals surface area (Å²) >= 11 is 0. The molecule has 1 aliphatic heterocycles. The van der Waals surface area contributed by atoms with Gasteiger partial charge in [0.25, 0.3) is 0 Å². The SMILES string of the molecule is O=C(O)c1cnc(N2CCCN(C(=O)C(F)(F)F)CC2)cn1. The number of carboxylic acids is 1. The number of alkyl halides is 3. The van der Waals surface area contributed by atoms with Gasteiger partial charge < -0.3 is 14.9 Å². The highest BCUT2D eigenvalue weighted by atomic mass is 19.4. The second-order valence-electron chi connectivity index (χ2n) is 4.70. The van der Waals surface area contributed by atoms with Gasteiger partial charge in [0.05, 0.1) is 12.4 Å². The highest BCUT2D eigenvalue weighted by Crippen LogP contribution is 2.20. The normalized spacial score (nSPS) is 16.3. The molecule has 0 spiro atoms. The molecule has 10 heteroatoms. The minimum Gasteiger partial charge on any atom is -0.476 e. The summed E-state index contributed by atoms with van der Waals surface area (Å²) in [6.45, 7) is 0.502. The van der Waals surface area contributed by atoms with Crippen LogP contribution in [0.1, 0.15) is 16.9 Å². The maximum Gasteiger partial charge on any atom is 0.471 e. The molecule has 1 aromatic rings. The first-order valence-electron chi connectivity index (χ1n) is 6.45. The van der Waals surface area contributed by atoms with E-state index in [2.05, 4.69) is 9.97 Å². The Labute approximate surface area is 123 Å². The van der Waals surface area contributed by atoms with E-state index < -0.39 is 18.1 Å².